The van der Waals surface area contributed by atoms with Gasteiger partial charge in [0.2, 0.25) is 0 Å². The van der Waals surface area contributed by atoms with Gasteiger partial charge in [-0.25, -0.2) is 0 Å². The van der Waals surface area contributed by atoms with Gasteiger partial charge in [0.25, 0.3) is 0 Å². The van der Waals surface area contributed by atoms with Gasteiger partial charge in [-0.2, -0.15) is 5.26 Å². The van der Waals surface area contributed by atoms with E-state index in [1.54, 1.807) is 18.2 Å². The third-order valence-electron chi connectivity index (χ3n) is 2.80. The predicted molar refractivity (Wildman–Crippen MR) is 65.1 cm³/mol. The van der Waals surface area contributed by atoms with Crippen molar-refractivity contribution in [2.75, 3.05) is 24.3 Å². The van der Waals surface area contributed by atoms with Crippen LogP contribution in [0.15, 0.2) is 18.2 Å². The number of aliphatic hydroxyl groups is 1. The second-order valence-electron chi connectivity index (χ2n) is 4.42. The minimum Gasteiger partial charge on any atom is -0.399 e. The Labute approximate surface area is 95.9 Å². The van der Waals surface area contributed by atoms with Crippen molar-refractivity contribution in [1.82, 2.24) is 0 Å². The molecule has 4 nitrogen and oxygen atoms in total. The van der Waals surface area contributed by atoms with Gasteiger partial charge < -0.3 is 15.7 Å². The van der Waals surface area contributed by atoms with E-state index >= 15 is 0 Å². The number of nitrogens with two attached hydrogens (primary N) is 1. The zero-order valence-corrected chi connectivity index (χ0v) is 9.86. The topological polar surface area (TPSA) is 73.3 Å². The van der Waals surface area contributed by atoms with Crippen LogP contribution in [0, 0.1) is 11.3 Å². The van der Waals surface area contributed by atoms with Crippen molar-refractivity contribution in [2.45, 2.75) is 19.4 Å². The maximum atomic E-state index is 9.29. The lowest BCUT2D eigenvalue weighted by atomic mass is 10.0. The molecule has 16 heavy (non-hydrogen) atoms. The lowest BCUT2D eigenvalue weighted by molar-refractivity contribution is 0.216. The molecule has 1 rings (SSSR count). The fourth-order valence-corrected chi connectivity index (χ4v) is 1.37. The Morgan fingerprint density at radius 3 is 2.62 bits per heavy atom. The minimum atomic E-state index is -0.415. The number of benzene rings is 1. The van der Waals surface area contributed by atoms with Gasteiger partial charge in [-0.1, -0.05) is 0 Å². The van der Waals surface area contributed by atoms with Crippen molar-refractivity contribution < 1.29 is 5.11 Å². The molecule has 86 valence electrons. The van der Waals surface area contributed by atoms with E-state index in [0.717, 1.165) is 5.69 Å². The molecule has 0 spiro atoms. The molecule has 0 aliphatic carbocycles. The van der Waals surface area contributed by atoms with Gasteiger partial charge in [-0.3, -0.25) is 0 Å². The molecule has 0 amide bonds. The van der Waals surface area contributed by atoms with Crippen LogP contribution in [-0.4, -0.2) is 24.3 Å². The third-order valence-corrected chi connectivity index (χ3v) is 2.80. The second-order valence-corrected chi connectivity index (χ2v) is 4.42. The first kappa shape index (κ1) is 12.3. The second kappa shape index (κ2) is 4.42. The maximum Gasteiger partial charge on any atom is 0.101 e. The lowest BCUT2D eigenvalue weighted by Gasteiger charge is -2.36. The maximum absolute atomic E-state index is 9.29. The molecule has 0 bridgehead atoms. The Hall–Kier alpha value is -1.73. The monoisotopic (exact) mass is 219 g/mol. The molecule has 1 aromatic carbocycles. The summed E-state index contributed by atoms with van der Waals surface area (Å²) in [6, 6.07) is 7.30. The molecule has 0 aromatic heterocycles. The van der Waals surface area contributed by atoms with Gasteiger partial charge in [-0.15, -0.1) is 0 Å². The molecule has 0 radical (unpaired) electrons. The number of hydrogen-bond acceptors (Lipinski definition) is 4. The number of nitrogen functional groups attached to an aromatic ring is 1. The van der Waals surface area contributed by atoms with Crippen LogP contribution < -0.4 is 10.6 Å². The molecule has 0 saturated carbocycles. The SMILES string of the molecule is CN(c1ccc(N)cc1C#N)C(C)(C)CO. The van der Waals surface area contributed by atoms with E-state index in [-0.39, 0.29) is 6.61 Å². The van der Waals surface area contributed by atoms with Crippen LogP contribution in [0.2, 0.25) is 0 Å². The van der Waals surface area contributed by atoms with E-state index in [0.29, 0.717) is 11.3 Å². The Bertz CT molecular complexity index is 421. The zero-order chi connectivity index (χ0) is 12.3. The van der Waals surface area contributed by atoms with Gasteiger partial charge >= 0.3 is 0 Å². The molecular formula is C12H17N3O. The molecule has 1 aromatic rings. The van der Waals surface area contributed by atoms with E-state index in [1.807, 2.05) is 25.8 Å². The fourth-order valence-electron chi connectivity index (χ4n) is 1.37. The van der Waals surface area contributed by atoms with Gasteiger partial charge in [0, 0.05) is 12.7 Å². The molecule has 0 heterocycles. The van der Waals surface area contributed by atoms with Crippen LogP contribution in [-0.2, 0) is 0 Å². The highest BCUT2D eigenvalue weighted by atomic mass is 16.3. The molecule has 0 saturated heterocycles. The highest BCUT2D eigenvalue weighted by Crippen LogP contribution is 2.26. The van der Waals surface area contributed by atoms with E-state index < -0.39 is 5.54 Å². The highest BCUT2D eigenvalue weighted by molar-refractivity contribution is 5.65. The van der Waals surface area contributed by atoms with Crippen LogP contribution in [0.4, 0.5) is 11.4 Å². The normalized spacial score (nSPS) is 10.9. The smallest absolute Gasteiger partial charge is 0.101 e. The van der Waals surface area contributed by atoms with Gasteiger partial charge in [0.15, 0.2) is 0 Å². The first-order valence-electron chi connectivity index (χ1n) is 5.06. The molecule has 0 fully saturated rings. The van der Waals surface area contributed by atoms with Crippen molar-refractivity contribution in [3.05, 3.63) is 23.8 Å². The molecule has 3 N–H and O–H groups in total. The van der Waals surface area contributed by atoms with Crippen molar-refractivity contribution >= 4 is 11.4 Å². The number of likely N-dealkylation sites (N-methyl/N-ethyl adjacent to an activating group) is 1. The van der Waals surface area contributed by atoms with Crippen LogP contribution in [0.25, 0.3) is 0 Å². The zero-order valence-electron chi connectivity index (χ0n) is 9.86. The molecule has 0 aliphatic heterocycles. The summed E-state index contributed by atoms with van der Waals surface area (Å²) in [7, 11) is 1.85. The van der Waals surface area contributed by atoms with Crippen molar-refractivity contribution in [3.8, 4) is 6.07 Å². The van der Waals surface area contributed by atoms with E-state index in [2.05, 4.69) is 6.07 Å². The number of nitrogens with zero attached hydrogens (tertiary/aromatic N) is 2. The number of aliphatic hydroxyl groups excluding tert-OH is 1. The summed E-state index contributed by atoms with van der Waals surface area (Å²) in [6.45, 7) is 3.83. The molecule has 4 heteroatoms. The Morgan fingerprint density at radius 1 is 1.50 bits per heavy atom. The third kappa shape index (κ3) is 2.26. The Balaban J connectivity index is 3.19. The summed E-state index contributed by atoms with van der Waals surface area (Å²) in [4.78, 5) is 1.88. The highest BCUT2D eigenvalue weighted by Gasteiger charge is 2.24. The van der Waals surface area contributed by atoms with Gasteiger partial charge in [0.1, 0.15) is 6.07 Å². The lowest BCUT2D eigenvalue weighted by Crippen LogP contribution is -2.44. The van der Waals surface area contributed by atoms with Crippen LogP contribution in [0.3, 0.4) is 0 Å². The van der Waals surface area contributed by atoms with E-state index in [9.17, 15) is 5.11 Å². The minimum absolute atomic E-state index is 0.0126. The van der Waals surface area contributed by atoms with E-state index in [1.165, 1.54) is 0 Å². The number of nitriles is 1. The molecular weight excluding hydrogens is 202 g/mol. The summed E-state index contributed by atoms with van der Waals surface area (Å²) in [5.74, 6) is 0. The standard InChI is InChI=1S/C12H17N3O/c1-12(2,8-16)15(3)11-5-4-10(14)6-9(11)7-13/h4-6,16H,8,14H2,1-3H3. The Morgan fingerprint density at radius 2 is 2.12 bits per heavy atom. The number of hydrogen-bond donors (Lipinski definition) is 2. The Kier molecular flexibility index (Phi) is 3.41. The summed E-state index contributed by atoms with van der Waals surface area (Å²) >= 11 is 0. The van der Waals surface area contributed by atoms with Crippen LogP contribution in [0.5, 0.6) is 0 Å². The largest absolute Gasteiger partial charge is 0.399 e. The first-order valence-corrected chi connectivity index (χ1v) is 5.06. The number of rotatable bonds is 3. The van der Waals surface area contributed by atoms with Gasteiger partial charge in [0.05, 0.1) is 23.4 Å². The van der Waals surface area contributed by atoms with E-state index in [4.69, 9.17) is 11.0 Å². The summed E-state index contributed by atoms with van der Waals surface area (Å²) in [5.41, 5.74) is 7.07. The van der Waals surface area contributed by atoms with Crippen molar-refractivity contribution in [1.29, 1.82) is 5.26 Å². The first-order chi connectivity index (χ1) is 7.42. The summed E-state index contributed by atoms with van der Waals surface area (Å²) in [5, 5.41) is 18.3. The molecule has 0 aliphatic rings. The van der Waals surface area contributed by atoms with Crippen LogP contribution in [0.1, 0.15) is 19.4 Å². The number of anilines is 2. The summed E-state index contributed by atoms with van der Waals surface area (Å²) < 4.78 is 0. The van der Waals surface area contributed by atoms with Crippen molar-refractivity contribution in [2.24, 2.45) is 0 Å². The van der Waals surface area contributed by atoms with Gasteiger partial charge in [-0.05, 0) is 32.0 Å². The quantitative estimate of drug-likeness (QED) is 0.752. The molecule has 0 atom stereocenters. The van der Waals surface area contributed by atoms with Crippen molar-refractivity contribution in [3.63, 3.8) is 0 Å². The summed E-state index contributed by atoms with van der Waals surface area (Å²) in [6.07, 6.45) is 0. The average Bonchev–Trinajstić information content (AvgIpc) is 2.27. The fraction of sp³-hybridized carbons (Fsp3) is 0.417. The predicted octanol–water partition coefficient (Wildman–Crippen LogP) is 1.35. The average molecular weight is 219 g/mol. The molecule has 0 unspecified atom stereocenters. The van der Waals surface area contributed by atoms with Crippen LogP contribution >= 0.6 is 0 Å².